The molecular formula is C22H19ClN4O4. The van der Waals surface area contributed by atoms with Gasteiger partial charge in [-0.1, -0.05) is 16.8 Å². The Kier molecular flexibility index (Phi) is 5.90. The predicted molar refractivity (Wildman–Crippen MR) is 116 cm³/mol. The lowest BCUT2D eigenvalue weighted by Gasteiger charge is -2.11. The van der Waals surface area contributed by atoms with Gasteiger partial charge in [-0.2, -0.15) is 4.98 Å². The molecule has 2 heterocycles. The van der Waals surface area contributed by atoms with Crippen LogP contribution in [0.15, 0.2) is 65.3 Å². The van der Waals surface area contributed by atoms with Crippen molar-refractivity contribution in [2.24, 2.45) is 0 Å². The molecule has 4 rings (SSSR count). The number of hydrogen-bond acceptors (Lipinski definition) is 6. The fraction of sp³-hybridized carbons (Fsp3) is 0.136. The van der Waals surface area contributed by atoms with Crippen LogP contribution in [-0.2, 0) is 11.3 Å². The molecule has 0 aliphatic heterocycles. The third-order valence-electron chi connectivity index (χ3n) is 4.53. The lowest BCUT2D eigenvalue weighted by molar-refractivity contribution is -0.116. The molecule has 9 heteroatoms. The van der Waals surface area contributed by atoms with E-state index in [1.165, 1.54) is 0 Å². The molecule has 1 amide bonds. The van der Waals surface area contributed by atoms with Gasteiger partial charge in [-0.05, 0) is 36.4 Å². The summed E-state index contributed by atoms with van der Waals surface area (Å²) in [6.45, 7) is 0.0561. The van der Waals surface area contributed by atoms with Crippen LogP contribution < -0.4 is 14.8 Å². The van der Waals surface area contributed by atoms with Crippen molar-refractivity contribution in [3.05, 3.63) is 65.8 Å². The van der Waals surface area contributed by atoms with Gasteiger partial charge < -0.3 is 23.9 Å². The zero-order valence-corrected chi connectivity index (χ0v) is 17.6. The van der Waals surface area contributed by atoms with Crippen molar-refractivity contribution in [3.63, 3.8) is 0 Å². The lowest BCUT2D eigenvalue weighted by Crippen LogP contribution is -2.18. The Bertz CT molecular complexity index is 1180. The lowest BCUT2D eigenvalue weighted by atomic mass is 10.2. The number of halogens is 1. The first kappa shape index (κ1) is 20.5. The molecule has 0 bridgehead atoms. The zero-order chi connectivity index (χ0) is 21.8. The van der Waals surface area contributed by atoms with Gasteiger partial charge in [0.1, 0.15) is 23.7 Å². The molecule has 8 nitrogen and oxygen atoms in total. The van der Waals surface area contributed by atoms with Crippen LogP contribution in [0.4, 0.5) is 5.69 Å². The van der Waals surface area contributed by atoms with Crippen LogP contribution in [0.5, 0.6) is 11.5 Å². The third kappa shape index (κ3) is 4.70. The number of hydrogen-bond donors (Lipinski definition) is 1. The maximum Gasteiger partial charge on any atom is 0.274 e. The highest BCUT2D eigenvalue weighted by atomic mass is 35.5. The summed E-state index contributed by atoms with van der Waals surface area (Å²) >= 11 is 5.93. The molecule has 2 aromatic heterocycles. The molecule has 0 aliphatic rings. The number of nitrogens with zero attached hydrogens (tertiary/aromatic N) is 3. The van der Waals surface area contributed by atoms with Crippen molar-refractivity contribution >= 4 is 23.2 Å². The van der Waals surface area contributed by atoms with E-state index >= 15 is 0 Å². The third-order valence-corrected chi connectivity index (χ3v) is 4.78. The number of ether oxygens (including phenoxy) is 2. The number of nitrogens with one attached hydrogen (secondary N) is 1. The fourth-order valence-electron chi connectivity index (χ4n) is 3.02. The van der Waals surface area contributed by atoms with E-state index in [9.17, 15) is 4.79 Å². The molecular weight excluding hydrogens is 420 g/mol. The number of anilines is 1. The van der Waals surface area contributed by atoms with Crippen LogP contribution in [-0.4, -0.2) is 34.8 Å². The van der Waals surface area contributed by atoms with Crippen LogP contribution in [0.2, 0.25) is 5.02 Å². The predicted octanol–water partition coefficient (Wildman–Crippen LogP) is 4.51. The molecule has 0 aliphatic carbocycles. The van der Waals surface area contributed by atoms with Crippen molar-refractivity contribution < 1.29 is 18.8 Å². The van der Waals surface area contributed by atoms with Crippen molar-refractivity contribution in [3.8, 4) is 34.5 Å². The first-order valence-electron chi connectivity index (χ1n) is 9.34. The largest absolute Gasteiger partial charge is 0.497 e. The second-order valence-electron chi connectivity index (χ2n) is 6.60. The first-order chi connectivity index (χ1) is 15.1. The number of benzene rings is 2. The molecule has 0 saturated carbocycles. The van der Waals surface area contributed by atoms with E-state index in [0.717, 1.165) is 5.56 Å². The maximum absolute atomic E-state index is 12.6. The molecule has 0 spiro atoms. The molecule has 0 radical (unpaired) electrons. The van der Waals surface area contributed by atoms with Crippen LogP contribution >= 0.6 is 11.6 Å². The standard InChI is InChI=1S/C22H19ClN4O4/c1-29-17-10-16(11-18(12-17)30-2)24-20(28)13-27-9-3-4-19(27)22-25-21(26-31-22)14-5-7-15(23)8-6-14/h3-12H,13H2,1-2H3,(H,24,28). The number of aromatic nitrogens is 3. The van der Waals surface area contributed by atoms with Gasteiger partial charge in [0.25, 0.3) is 5.89 Å². The summed E-state index contributed by atoms with van der Waals surface area (Å²) in [5.74, 6) is 1.68. The van der Waals surface area contributed by atoms with Crippen molar-refractivity contribution in [1.29, 1.82) is 0 Å². The average Bonchev–Trinajstić information content (AvgIpc) is 3.43. The molecule has 0 atom stereocenters. The minimum Gasteiger partial charge on any atom is -0.497 e. The summed E-state index contributed by atoms with van der Waals surface area (Å²) < 4.78 is 17.6. The van der Waals surface area contributed by atoms with Gasteiger partial charge in [-0.15, -0.1) is 0 Å². The molecule has 2 aromatic carbocycles. The number of methoxy groups -OCH3 is 2. The Labute approximate surface area is 183 Å². The SMILES string of the molecule is COc1cc(NC(=O)Cn2cccc2-c2nc(-c3ccc(Cl)cc3)no2)cc(OC)c1. The summed E-state index contributed by atoms with van der Waals surface area (Å²) in [6.07, 6.45) is 1.77. The Hall–Kier alpha value is -3.78. The van der Waals surface area contributed by atoms with E-state index in [4.69, 9.17) is 25.6 Å². The molecule has 0 unspecified atom stereocenters. The van der Waals surface area contributed by atoms with Gasteiger partial charge in [0, 0.05) is 40.7 Å². The summed E-state index contributed by atoms with van der Waals surface area (Å²) in [5, 5.41) is 7.50. The smallest absolute Gasteiger partial charge is 0.274 e. The van der Waals surface area contributed by atoms with Gasteiger partial charge in [0.2, 0.25) is 11.7 Å². The molecule has 0 fully saturated rings. The monoisotopic (exact) mass is 438 g/mol. The number of amides is 1. The van der Waals surface area contributed by atoms with Crippen molar-refractivity contribution in [2.45, 2.75) is 6.54 Å². The van der Waals surface area contributed by atoms with E-state index in [2.05, 4.69) is 15.5 Å². The van der Waals surface area contributed by atoms with Crippen LogP contribution in [0, 0.1) is 0 Å². The van der Waals surface area contributed by atoms with Crippen molar-refractivity contribution in [2.75, 3.05) is 19.5 Å². The highest BCUT2D eigenvalue weighted by molar-refractivity contribution is 6.30. The summed E-state index contributed by atoms with van der Waals surface area (Å²) in [5.41, 5.74) is 1.98. The summed E-state index contributed by atoms with van der Waals surface area (Å²) in [4.78, 5) is 17.1. The molecule has 1 N–H and O–H groups in total. The van der Waals surface area contributed by atoms with E-state index in [0.29, 0.717) is 39.6 Å². The number of carbonyl (C=O) groups excluding carboxylic acids is 1. The maximum atomic E-state index is 12.6. The van der Waals surface area contributed by atoms with Gasteiger partial charge in [-0.25, -0.2) is 0 Å². The minimum atomic E-state index is -0.231. The molecule has 158 valence electrons. The zero-order valence-electron chi connectivity index (χ0n) is 16.8. The second kappa shape index (κ2) is 8.93. The Morgan fingerprint density at radius 3 is 2.48 bits per heavy atom. The van der Waals surface area contributed by atoms with E-state index in [1.807, 2.05) is 18.2 Å². The average molecular weight is 439 g/mol. The van der Waals surface area contributed by atoms with Gasteiger partial charge in [0.15, 0.2) is 0 Å². The molecule has 4 aromatic rings. The Morgan fingerprint density at radius 2 is 1.81 bits per heavy atom. The number of rotatable bonds is 7. The van der Waals surface area contributed by atoms with Gasteiger partial charge in [0.05, 0.1) is 14.2 Å². The van der Waals surface area contributed by atoms with E-state index < -0.39 is 0 Å². The quantitative estimate of drug-likeness (QED) is 0.456. The van der Waals surface area contributed by atoms with Crippen LogP contribution in [0.1, 0.15) is 0 Å². The summed E-state index contributed by atoms with van der Waals surface area (Å²) in [6, 6.07) is 15.9. The highest BCUT2D eigenvalue weighted by Gasteiger charge is 2.16. The second-order valence-corrected chi connectivity index (χ2v) is 7.04. The summed E-state index contributed by atoms with van der Waals surface area (Å²) in [7, 11) is 3.10. The number of carbonyl (C=O) groups is 1. The van der Waals surface area contributed by atoms with Gasteiger partial charge >= 0.3 is 0 Å². The Morgan fingerprint density at radius 1 is 1.10 bits per heavy atom. The highest BCUT2D eigenvalue weighted by Crippen LogP contribution is 2.26. The van der Waals surface area contributed by atoms with Crippen LogP contribution in [0.3, 0.4) is 0 Å². The minimum absolute atomic E-state index is 0.0561. The molecule has 31 heavy (non-hydrogen) atoms. The van der Waals surface area contributed by atoms with Crippen molar-refractivity contribution in [1.82, 2.24) is 14.7 Å². The first-order valence-corrected chi connectivity index (χ1v) is 9.71. The fourth-order valence-corrected chi connectivity index (χ4v) is 3.15. The van der Waals surface area contributed by atoms with E-state index in [-0.39, 0.29) is 12.5 Å². The van der Waals surface area contributed by atoms with Gasteiger partial charge in [-0.3, -0.25) is 4.79 Å². The molecule has 0 saturated heterocycles. The topological polar surface area (TPSA) is 91.4 Å². The Balaban J connectivity index is 1.50. The van der Waals surface area contributed by atoms with Crippen LogP contribution in [0.25, 0.3) is 23.0 Å². The normalized spacial score (nSPS) is 10.7. The van der Waals surface area contributed by atoms with E-state index in [1.54, 1.807) is 61.4 Å².